The van der Waals surface area contributed by atoms with Crippen LogP contribution in [0.15, 0.2) is 58.6 Å². The zero-order valence-corrected chi connectivity index (χ0v) is 13.9. The summed E-state index contributed by atoms with van der Waals surface area (Å²) in [5, 5.41) is 0. The molecule has 0 amide bonds. The lowest BCUT2D eigenvalue weighted by Gasteiger charge is -2.28. The minimum absolute atomic E-state index is 0.504. The van der Waals surface area contributed by atoms with Gasteiger partial charge in [-0.1, -0.05) is 12.1 Å². The van der Waals surface area contributed by atoms with E-state index < -0.39 is 0 Å². The van der Waals surface area contributed by atoms with Crippen LogP contribution in [0, 0.1) is 0 Å². The third-order valence-electron chi connectivity index (χ3n) is 4.48. The fourth-order valence-corrected chi connectivity index (χ4v) is 3.14. The van der Waals surface area contributed by atoms with Gasteiger partial charge in [-0.3, -0.25) is 0 Å². The highest BCUT2D eigenvalue weighted by Crippen LogP contribution is 2.42. The first kappa shape index (κ1) is 14.7. The summed E-state index contributed by atoms with van der Waals surface area (Å²) in [6.45, 7) is 0. The van der Waals surface area contributed by atoms with Crippen molar-refractivity contribution >= 4 is 29.1 Å². The smallest absolute Gasteiger partial charge is 0.256 e. The number of para-hydroxylation sites is 2. The lowest BCUT2D eigenvalue weighted by Crippen LogP contribution is -2.45. The predicted molar refractivity (Wildman–Crippen MR) is 97.3 cm³/mol. The van der Waals surface area contributed by atoms with Crippen LogP contribution in [0.25, 0.3) is 5.70 Å². The van der Waals surface area contributed by atoms with E-state index in [1.807, 2.05) is 42.6 Å². The summed E-state index contributed by atoms with van der Waals surface area (Å²) < 4.78 is 11.3. The summed E-state index contributed by atoms with van der Waals surface area (Å²) in [6.07, 6.45) is 3.96. The predicted octanol–water partition coefficient (Wildman–Crippen LogP) is 3.77. The highest BCUT2D eigenvalue weighted by molar-refractivity contribution is 6.38. The number of nitrogens with zero attached hydrogens (tertiary/aromatic N) is 3. The van der Waals surface area contributed by atoms with Crippen LogP contribution in [0.1, 0.15) is 5.56 Å². The highest BCUT2D eigenvalue weighted by Gasteiger charge is 2.40. The van der Waals surface area contributed by atoms with E-state index in [2.05, 4.69) is 24.3 Å². The van der Waals surface area contributed by atoms with Crippen molar-refractivity contribution in [2.75, 3.05) is 21.3 Å². The zero-order valence-electron chi connectivity index (χ0n) is 13.9. The van der Waals surface area contributed by atoms with Crippen LogP contribution < -0.4 is 14.0 Å². The van der Waals surface area contributed by atoms with Crippen molar-refractivity contribution in [1.29, 1.82) is 0 Å². The number of ether oxygens (including phenoxy) is 2. The molecule has 0 radical (unpaired) electrons. The van der Waals surface area contributed by atoms with Gasteiger partial charge >= 0.3 is 0 Å². The molecule has 2 aromatic carbocycles. The molecule has 0 bridgehead atoms. The summed E-state index contributed by atoms with van der Waals surface area (Å²) in [7, 11) is 5.41. The molecule has 0 fully saturated rings. The zero-order chi connectivity index (χ0) is 16.7. The minimum Gasteiger partial charge on any atom is -0.497 e. The molecule has 5 nitrogen and oxygen atoms in total. The lowest BCUT2D eigenvalue weighted by molar-refractivity contribution is 0.393. The largest absolute Gasteiger partial charge is 0.497 e. The highest BCUT2D eigenvalue weighted by atomic mass is 16.5. The van der Waals surface area contributed by atoms with Crippen LogP contribution in [-0.2, 0) is 0 Å². The third kappa shape index (κ3) is 2.06. The molecule has 2 heterocycles. The third-order valence-corrected chi connectivity index (χ3v) is 4.48. The molecule has 1 unspecified atom stereocenters. The number of fused-ring (bicyclic) bond motifs is 3. The van der Waals surface area contributed by atoms with E-state index in [0.29, 0.717) is 4.48 Å². The first-order chi connectivity index (χ1) is 11.7. The molecule has 2 aliphatic heterocycles. The molecular weight excluding hydrogens is 302 g/mol. The van der Waals surface area contributed by atoms with Crippen molar-refractivity contribution in [2.24, 2.45) is 9.98 Å². The Morgan fingerprint density at radius 3 is 2.62 bits per heavy atom. The molecule has 1 atom stereocenters. The lowest BCUT2D eigenvalue weighted by atomic mass is 10.1. The molecule has 5 heteroatoms. The van der Waals surface area contributed by atoms with Crippen LogP contribution in [0.5, 0.6) is 11.5 Å². The second-order valence-electron chi connectivity index (χ2n) is 5.87. The molecule has 0 saturated carbocycles. The van der Waals surface area contributed by atoms with Crippen LogP contribution in [0.2, 0.25) is 0 Å². The van der Waals surface area contributed by atoms with Crippen LogP contribution in [0.4, 0.5) is 11.4 Å². The Morgan fingerprint density at radius 1 is 1.00 bits per heavy atom. The summed E-state index contributed by atoms with van der Waals surface area (Å²) in [6, 6.07) is 13.9. The summed E-state index contributed by atoms with van der Waals surface area (Å²) >= 11 is 0. The van der Waals surface area contributed by atoms with E-state index >= 15 is 0 Å². The molecule has 0 aromatic heterocycles. The molecule has 0 saturated heterocycles. The minimum atomic E-state index is 0.504. The van der Waals surface area contributed by atoms with Gasteiger partial charge in [-0.15, -0.1) is 0 Å². The van der Waals surface area contributed by atoms with Crippen molar-refractivity contribution in [1.82, 2.24) is 4.48 Å². The second-order valence-corrected chi connectivity index (χ2v) is 5.87. The number of hydrogen-bond donors (Lipinski definition) is 0. The number of rotatable bonds is 3. The molecular formula is C19H18N3O2+. The van der Waals surface area contributed by atoms with Crippen molar-refractivity contribution in [3.8, 4) is 11.5 Å². The van der Waals surface area contributed by atoms with E-state index in [4.69, 9.17) is 14.5 Å². The fourth-order valence-electron chi connectivity index (χ4n) is 3.14. The van der Waals surface area contributed by atoms with E-state index in [1.54, 1.807) is 14.2 Å². The molecule has 0 spiro atoms. The fraction of sp³-hybridized carbons (Fsp3) is 0.158. The quantitative estimate of drug-likeness (QED) is 0.808. The van der Waals surface area contributed by atoms with Gasteiger partial charge in [0, 0.05) is 17.7 Å². The Kier molecular flexibility index (Phi) is 3.25. The number of methoxy groups -OCH3 is 2. The topological polar surface area (TPSA) is 43.2 Å². The maximum atomic E-state index is 5.53. The maximum Gasteiger partial charge on any atom is 0.256 e. The maximum absolute atomic E-state index is 5.53. The van der Waals surface area contributed by atoms with Gasteiger partial charge in [0.05, 0.1) is 21.3 Å². The Morgan fingerprint density at radius 2 is 1.83 bits per heavy atom. The molecule has 2 aliphatic rings. The number of amidine groups is 1. The Labute approximate surface area is 140 Å². The van der Waals surface area contributed by atoms with E-state index in [0.717, 1.165) is 40.0 Å². The molecule has 120 valence electrons. The van der Waals surface area contributed by atoms with E-state index in [-0.39, 0.29) is 0 Å². The Balaban J connectivity index is 1.85. The molecule has 4 rings (SSSR count). The number of quaternary nitrogens is 1. The number of hydrogen-bond acceptors (Lipinski definition) is 4. The summed E-state index contributed by atoms with van der Waals surface area (Å²) in [4.78, 5) is 9.32. The molecule has 2 aromatic rings. The van der Waals surface area contributed by atoms with Crippen LogP contribution in [-0.4, -0.2) is 33.3 Å². The standard InChI is InChI=1S/C19H18N3O2/c1-22-12-16(14-9-8-13(23-2)10-18(14)24-3)21-19(22)11-20-15-6-4-5-7-17(15)22/h4-12H,1-3H3/q+1. The first-order valence-electron chi connectivity index (χ1n) is 7.70. The van der Waals surface area contributed by atoms with Crippen LogP contribution in [0.3, 0.4) is 0 Å². The molecule has 24 heavy (non-hydrogen) atoms. The molecule has 0 N–H and O–H groups in total. The summed E-state index contributed by atoms with van der Waals surface area (Å²) in [5.74, 6) is 2.38. The van der Waals surface area contributed by atoms with Crippen molar-refractivity contribution in [2.45, 2.75) is 0 Å². The van der Waals surface area contributed by atoms with E-state index in [1.165, 1.54) is 0 Å². The average Bonchev–Trinajstić information content (AvgIpc) is 2.98. The van der Waals surface area contributed by atoms with Gasteiger partial charge in [-0.2, -0.15) is 4.99 Å². The Bertz CT molecular complexity index is 915. The number of aliphatic imine (C=N–C) groups is 2. The number of benzene rings is 2. The van der Waals surface area contributed by atoms with Gasteiger partial charge in [0.25, 0.3) is 5.84 Å². The van der Waals surface area contributed by atoms with Crippen molar-refractivity contribution < 1.29 is 9.47 Å². The van der Waals surface area contributed by atoms with Gasteiger partial charge in [-0.25, -0.2) is 9.48 Å². The van der Waals surface area contributed by atoms with Gasteiger partial charge in [0.1, 0.15) is 35.3 Å². The normalized spacial score (nSPS) is 20.8. The van der Waals surface area contributed by atoms with Gasteiger partial charge < -0.3 is 9.47 Å². The van der Waals surface area contributed by atoms with E-state index in [9.17, 15) is 0 Å². The monoisotopic (exact) mass is 320 g/mol. The van der Waals surface area contributed by atoms with Gasteiger partial charge in [0.15, 0.2) is 5.69 Å². The first-order valence-corrected chi connectivity index (χ1v) is 7.70. The van der Waals surface area contributed by atoms with Gasteiger partial charge in [-0.05, 0) is 18.2 Å². The average molecular weight is 320 g/mol. The Hall–Kier alpha value is -2.92. The molecule has 0 aliphatic carbocycles. The van der Waals surface area contributed by atoms with Crippen molar-refractivity contribution in [3.05, 3.63) is 54.2 Å². The van der Waals surface area contributed by atoms with Crippen LogP contribution >= 0.6 is 0 Å². The second kappa shape index (κ2) is 5.32. The SMILES string of the molecule is COc1ccc(C2=C[N+]3(C)C(=N2)C=Nc2ccccc23)c(OC)c1. The van der Waals surface area contributed by atoms with Crippen molar-refractivity contribution in [3.63, 3.8) is 0 Å². The van der Waals surface area contributed by atoms with Gasteiger partial charge in [0.2, 0.25) is 0 Å². The summed E-state index contributed by atoms with van der Waals surface area (Å²) in [5.41, 5.74) is 3.89.